The quantitative estimate of drug-likeness (QED) is 0.119. The number of benzene rings is 14. The van der Waals surface area contributed by atoms with Gasteiger partial charge in [-0.25, -0.2) is 8.78 Å². The van der Waals surface area contributed by atoms with Crippen molar-refractivity contribution in [2.75, 3.05) is 24.5 Å². The molecule has 0 N–H and O–H groups in total. The topological polar surface area (TPSA) is 16.2 Å². The van der Waals surface area contributed by atoms with E-state index in [1.54, 1.807) is 12.1 Å². The van der Waals surface area contributed by atoms with Gasteiger partial charge < -0.3 is 24.5 Å². The van der Waals surface area contributed by atoms with Crippen LogP contribution >= 0.6 is 11.8 Å². The van der Waals surface area contributed by atoms with Crippen molar-refractivity contribution in [1.29, 1.82) is 0 Å². The monoisotopic (exact) mass is 1230 g/mol. The second kappa shape index (κ2) is 22.7. The number of halogens is 2. The van der Waals surface area contributed by atoms with E-state index in [4.69, 9.17) is 0 Å². The number of hydrogen-bond acceptors (Lipinski definition) is 6. The van der Waals surface area contributed by atoms with Crippen LogP contribution in [0.3, 0.4) is 0 Å². The summed E-state index contributed by atoms with van der Waals surface area (Å²) in [6.07, 6.45) is 0. The molecule has 0 amide bonds. The van der Waals surface area contributed by atoms with Gasteiger partial charge in [-0.05, 0) is 160 Å². The first-order valence-electron chi connectivity index (χ1n) is 31.9. The van der Waals surface area contributed by atoms with Gasteiger partial charge in [-0.2, -0.15) is 0 Å². The minimum atomic E-state index is -0.498. The Morgan fingerprint density at radius 2 is 0.649 bits per heavy atom. The Hall–Kier alpha value is -11.6. The molecule has 4 aliphatic heterocycles. The molecule has 0 bridgehead atoms. The molecule has 0 fully saturated rings. The SMILES string of the molecule is Fc1cc(-c2ccccc2)c(N2c3cc(N(c4ccccc4)c4ccccc4)cc4c3B(c3ccccc3N4c3ccccc3)c3cc4c(c(F)c32)Sc2cc(N(c3ccccc3)c3ccccc3)cc3c2B4c2ccccc2N3c2ccccc2)c(-c2ccccc2)c1. The van der Waals surface area contributed by atoms with Crippen molar-refractivity contribution in [1.82, 2.24) is 0 Å². The van der Waals surface area contributed by atoms with Crippen LogP contribution in [0.1, 0.15) is 0 Å². The van der Waals surface area contributed by atoms with Gasteiger partial charge in [0, 0.05) is 89.2 Å². The van der Waals surface area contributed by atoms with Crippen LogP contribution in [0.5, 0.6) is 0 Å². The van der Waals surface area contributed by atoms with E-state index in [-0.39, 0.29) is 5.82 Å². The van der Waals surface area contributed by atoms with Crippen LogP contribution in [0, 0.1) is 11.6 Å². The smallest absolute Gasteiger partial charge is 0.252 e. The first-order valence-corrected chi connectivity index (χ1v) is 32.7. The number of fused-ring (bicyclic) bond motifs is 8. The van der Waals surface area contributed by atoms with Crippen LogP contribution in [0.15, 0.2) is 343 Å². The highest BCUT2D eigenvalue weighted by Crippen LogP contribution is 2.55. The van der Waals surface area contributed by atoms with E-state index in [0.717, 1.165) is 123 Å². The molecule has 14 aromatic rings. The third kappa shape index (κ3) is 8.92. The van der Waals surface area contributed by atoms with Crippen LogP contribution in [0.4, 0.5) is 94.1 Å². The van der Waals surface area contributed by atoms with E-state index in [9.17, 15) is 0 Å². The van der Waals surface area contributed by atoms with Crippen LogP contribution in [-0.4, -0.2) is 13.4 Å². The van der Waals surface area contributed by atoms with Crippen LogP contribution in [0.25, 0.3) is 22.3 Å². The maximum atomic E-state index is 21.0. The molecule has 0 radical (unpaired) electrons. The summed E-state index contributed by atoms with van der Waals surface area (Å²) in [5, 5.41) is 0. The average molecular weight is 1230 g/mol. The minimum absolute atomic E-state index is 0.355. The van der Waals surface area contributed by atoms with Crippen molar-refractivity contribution in [2.24, 2.45) is 0 Å². The summed E-state index contributed by atoms with van der Waals surface area (Å²) in [5.74, 6) is -0.756. The second-order valence-electron chi connectivity index (χ2n) is 24.2. The Balaban J connectivity index is 0.988. The van der Waals surface area contributed by atoms with Gasteiger partial charge in [0.15, 0.2) is 5.82 Å². The molecule has 0 spiro atoms. The molecular formula is C84H55B2F2N5S. The van der Waals surface area contributed by atoms with Crippen molar-refractivity contribution in [2.45, 2.75) is 9.79 Å². The van der Waals surface area contributed by atoms with E-state index < -0.39 is 19.2 Å². The summed E-state index contributed by atoms with van der Waals surface area (Å²) in [6, 6.07) is 115. The number of nitrogens with zero attached hydrogens (tertiary/aromatic N) is 5. The standard InChI is InChI=1S/C84H55B2F2N5S/c87-58-49-67(56-29-9-1-10-30-56)82(68(50-58)57-31-11-2-12-32-57)93-76-52-65(89(59-33-13-3-14-34-59)60-35-15-4-16-36-60)51-75-79(76)85(69-45-25-27-47-73(69)91(75)63-41-21-7-22-42-63)71-55-72-84(81(88)83(71)93)94-78-54-66(90(61-37-17-5-18-38-61)62-39-19-6-20-40-62)53-77-80(78)86(72)70-46-26-28-48-74(70)92(77)64-43-23-8-24-44-64/h1-55H. The normalized spacial score (nSPS) is 12.9. The number of para-hydroxylation sites is 8. The Bertz CT molecular complexity index is 5090. The second-order valence-corrected chi connectivity index (χ2v) is 25.2. The van der Waals surface area contributed by atoms with Gasteiger partial charge in [0.2, 0.25) is 6.71 Å². The molecule has 5 nitrogen and oxygen atoms in total. The van der Waals surface area contributed by atoms with Gasteiger partial charge in [0.1, 0.15) is 5.82 Å². The molecule has 18 rings (SSSR count). The molecule has 442 valence electrons. The number of hydrogen-bond donors (Lipinski definition) is 0. The molecule has 0 saturated carbocycles. The zero-order chi connectivity index (χ0) is 62.4. The average Bonchev–Trinajstić information content (AvgIpc) is 0.685. The zero-order valence-corrected chi connectivity index (χ0v) is 51.6. The lowest BCUT2D eigenvalue weighted by molar-refractivity contribution is 0.606. The Morgan fingerprint density at radius 1 is 0.287 bits per heavy atom. The zero-order valence-electron chi connectivity index (χ0n) is 50.8. The number of anilines is 15. The Labute approximate surface area is 550 Å². The first-order chi connectivity index (χ1) is 46.5. The van der Waals surface area contributed by atoms with Crippen LogP contribution in [-0.2, 0) is 0 Å². The fourth-order valence-electron chi connectivity index (χ4n) is 15.1. The third-order valence-corrected chi connectivity index (χ3v) is 20.1. The van der Waals surface area contributed by atoms with Crippen molar-refractivity contribution in [3.05, 3.63) is 345 Å². The molecule has 0 saturated heterocycles. The largest absolute Gasteiger partial charge is 0.311 e. The minimum Gasteiger partial charge on any atom is -0.311 e. The molecule has 0 aromatic heterocycles. The molecule has 4 aliphatic rings. The lowest BCUT2D eigenvalue weighted by Crippen LogP contribution is -2.65. The van der Waals surface area contributed by atoms with E-state index in [2.05, 4.69) is 261 Å². The maximum absolute atomic E-state index is 21.0. The Morgan fingerprint density at radius 3 is 1.10 bits per heavy atom. The molecule has 0 unspecified atom stereocenters. The van der Waals surface area contributed by atoms with Crippen molar-refractivity contribution >= 4 is 143 Å². The Kier molecular flexibility index (Phi) is 13.3. The summed E-state index contributed by atoms with van der Waals surface area (Å²) in [7, 11) is 0. The van der Waals surface area contributed by atoms with Crippen molar-refractivity contribution in [3.63, 3.8) is 0 Å². The van der Waals surface area contributed by atoms with E-state index in [1.165, 1.54) is 11.8 Å². The predicted octanol–water partition coefficient (Wildman–Crippen LogP) is 19.1. The van der Waals surface area contributed by atoms with Crippen LogP contribution in [0.2, 0.25) is 0 Å². The van der Waals surface area contributed by atoms with Gasteiger partial charge in [-0.1, -0.05) is 230 Å². The van der Waals surface area contributed by atoms with E-state index >= 15 is 8.78 Å². The molecule has 94 heavy (non-hydrogen) atoms. The van der Waals surface area contributed by atoms with Gasteiger partial charge in [-0.3, -0.25) is 0 Å². The van der Waals surface area contributed by atoms with Crippen molar-refractivity contribution < 1.29 is 8.78 Å². The van der Waals surface area contributed by atoms with Crippen LogP contribution < -0.4 is 57.3 Å². The highest BCUT2D eigenvalue weighted by atomic mass is 32.2. The fourth-order valence-corrected chi connectivity index (χ4v) is 16.3. The summed E-state index contributed by atoms with van der Waals surface area (Å²) >= 11 is 1.51. The summed E-state index contributed by atoms with van der Waals surface area (Å²) in [4.78, 5) is 13.1. The highest BCUT2D eigenvalue weighted by molar-refractivity contribution is 8.00. The lowest BCUT2D eigenvalue weighted by Gasteiger charge is -2.47. The van der Waals surface area contributed by atoms with Gasteiger partial charge in [-0.15, -0.1) is 0 Å². The molecule has 4 heterocycles. The predicted molar refractivity (Wildman–Crippen MR) is 391 cm³/mol. The molecule has 0 atom stereocenters. The highest BCUT2D eigenvalue weighted by Gasteiger charge is 2.50. The summed E-state index contributed by atoms with van der Waals surface area (Å²) in [5.41, 5.74) is 22.2. The molecular weight excluding hydrogens is 1170 g/mol. The maximum Gasteiger partial charge on any atom is 0.252 e. The molecule has 14 aromatic carbocycles. The van der Waals surface area contributed by atoms with Crippen molar-refractivity contribution in [3.8, 4) is 22.3 Å². The lowest BCUT2D eigenvalue weighted by atomic mass is 9.31. The van der Waals surface area contributed by atoms with E-state index in [0.29, 0.717) is 27.4 Å². The third-order valence-electron chi connectivity index (χ3n) is 18.9. The van der Waals surface area contributed by atoms with Gasteiger partial charge in [0.05, 0.1) is 17.1 Å². The van der Waals surface area contributed by atoms with Gasteiger partial charge >= 0.3 is 0 Å². The summed E-state index contributed by atoms with van der Waals surface area (Å²) in [6.45, 7) is -0.900. The van der Waals surface area contributed by atoms with E-state index in [1.807, 2.05) is 84.9 Å². The van der Waals surface area contributed by atoms with Gasteiger partial charge in [0.25, 0.3) is 6.71 Å². The first kappa shape index (κ1) is 55.3. The molecule has 10 heteroatoms. The molecule has 0 aliphatic carbocycles. The number of rotatable bonds is 11. The summed E-state index contributed by atoms with van der Waals surface area (Å²) < 4.78 is 38.3. The fraction of sp³-hybridized carbons (Fsp3) is 0.